The molecule has 0 fully saturated rings. The number of H-pyrrole nitrogens is 1. The van der Waals surface area contributed by atoms with E-state index < -0.39 is 0 Å². The zero-order valence-corrected chi connectivity index (χ0v) is 20.2. The van der Waals surface area contributed by atoms with Crippen molar-refractivity contribution in [3.8, 4) is 22.3 Å². The van der Waals surface area contributed by atoms with Gasteiger partial charge in [-0.25, -0.2) is 4.98 Å². The number of nitrogens with zero attached hydrogens (tertiary/aromatic N) is 3. The molecule has 2 N–H and O–H groups in total. The van der Waals surface area contributed by atoms with Crippen molar-refractivity contribution in [3.05, 3.63) is 72.1 Å². The molecule has 6 nitrogen and oxygen atoms in total. The van der Waals surface area contributed by atoms with E-state index >= 15 is 0 Å². The monoisotopic (exact) mass is 467 g/mol. The molecule has 0 aliphatic rings. The summed E-state index contributed by atoms with van der Waals surface area (Å²) in [7, 11) is 4.06. The molecular weight excluding hydrogens is 442 g/mol. The maximum absolute atomic E-state index is 9.79. The summed E-state index contributed by atoms with van der Waals surface area (Å²) in [5, 5.41) is 15.4. The number of ether oxygens (including phenoxy) is 1. The van der Waals surface area contributed by atoms with E-state index in [1.807, 2.05) is 38.5 Å². The highest BCUT2D eigenvalue weighted by molar-refractivity contribution is 7.22. The third-order valence-corrected chi connectivity index (χ3v) is 6.96. The van der Waals surface area contributed by atoms with E-state index in [1.165, 1.54) is 0 Å². The van der Waals surface area contributed by atoms with E-state index in [4.69, 9.17) is 4.74 Å². The Bertz CT molecular complexity index is 1530. The van der Waals surface area contributed by atoms with Crippen molar-refractivity contribution in [3.63, 3.8) is 0 Å². The van der Waals surface area contributed by atoms with Gasteiger partial charge in [0, 0.05) is 45.8 Å². The Balaban J connectivity index is 1.52. The van der Waals surface area contributed by atoms with Gasteiger partial charge in [-0.15, -0.1) is 11.3 Å². The summed E-state index contributed by atoms with van der Waals surface area (Å²) in [6, 6.07) is 18.7. The van der Waals surface area contributed by atoms with Gasteiger partial charge in [-0.05, 0) is 68.5 Å². The molecule has 170 valence electrons. The predicted octanol–water partition coefficient (Wildman–Crippen LogP) is 6.31. The van der Waals surface area contributed by atoms with Gasteiger partial charge in [-0.2, -0.15) is 5.26 Å². The first-order valence-corrected chi connectivity index (χ1v) is 11.9. The zero-order valence-electron chi connectivity index (χ0n) is 19.3. The zero-order chi connectivity index (χ0) is 23.7. The molecule has 2 aromatic carbocycles. The van der Waals surface area contributed by atoms with Gasteiger partial charge in [0.2, 0.25) is 0 Å². The number of thiophene rings is 1. The van der Waals surface area contributed by atoms with Gasteiger partial charge >= 0.3 is 0 Å². The Labute approximate surface area is 202 Å². The first kappa shape index (κ1) is 22.0. The fourth-order valence-electron chi connectivity index (χ4n) is 3.99. The van der Waals surface area contributed by atoms with Gasteiger partial charge in [-0.3, -0.25) is 0 Å². The molecular formula is C27H25N5OS. The first-order valence-electron chi connectivity index (χ1n) is 11.1. The molecule has 0 unspecified atom stereocenters. The fraction of sp³-hybridized carbons (Fsp3) is 0.185. The number of anilines is 2. The summed E-state index contributed by atoms with van der Waals surface area (Å²) >= 11 is 1.61. The topological polar surface area (TPSA) is 77.0 Å². The van der Waals surface area contributed by atoms with E-state index in [0.717, 1.165) is 60.8 Å². The second-order valence-corrected chi connectivity index (χ2v) is 9.50. The Morgan fingerprint density at radius 1 is 1.15 bits per heavy atom. The minimum atomic E-state index is 0.520. The maximum atomic E-state index is 9.79. The highest BCUT2D eigenvalue weighted by atomic mass is 32.1. The van der Waals surface area contributed by atoms with Gasteiger partial charge in [0.05, 0.1) is 11.3 Å². The van der Waals surface area contributed by atoms with Crippen LogP contribution in [0.25, 0.3) is 31.6 Å². The number of pyridine rings is 1. The summed E-state index contributed by atoms with van der Waals surface area (Å²) in [6.45, 7) is 3.58. The van der Waals surface area contributed by atoms with Crippen LogP contribution < -0.4 is 10.1 Å². The third kappa shape index (κ3) is 4.21. The van der Waals surface area contributed by atoms with Crippen LogP contribution in [0.3, 0.4) is 0 Å². The van der Waals surface area contributed by atoms with Crippen LogP contribution in [0.5, 0.6) is 5.75 Å². The summed E-state index contributed by atoms with van der Waals surface area (Å²) < 4.78 is 5.92. The molecule has 0 aliphatic carbocycles. The molecule has 7 heteroatoms. The SMILES string of the molecule is Cc1c(Nc2c(C#N)cnc3sc(-c4cccc(OCCN(C)C)c4)cc23)ccc2[nH]ccc12. The summed E-state index contributed by atoms with van der Waals surface area (Å²) in [6.07, 6.45) is 3.59. The van der Waals surface area contributed by atoms with Crippen LogP contribution in [0.4, 0.5) is 11.4 Å². The van der Waals surface area contributed by atoms with E-state index in [2.05, 4.69) is 63.5 Å². The number of likely N-dealkylation sites (N-methyl/N-ethyl adjacent to an activating group) is 1. The Morgan fingerprint density at radius 2 is 2.03 bits per heavy atom. The normalized spacial score (nSPS) is 11.3. The number of aromatic amines is 1. The molecule has 0 amide bonds. The number of hydrogen-bond acceptors (Lipinski definition) is 6. The van der Waals surface area contributed by atoms with E-state index in [9.17, 15) is 5.26 Å². The van der Waals surface area contributed by atoms with Gasteiger partial charge in [0.15, 0.2) is 0 Å². The highest BCUT2D eigenvalue weighted by Crippen LogP contribution is 2.40. The van der Waals surface area contributed by atoms with Crippen molar-refractivity contribution in [2.75, 3.05) is 32.6 Å². The van der Waals surface area contributed by atoms with Crippen molar-refractivity contribution in [1.82, 2.24) is 14.9 Å². The number of aryl methyl sites for hydroxylation is 1. The number of benzene rings is 2. The van der Waals surface area contributed by atoms with Gasteiger partial charge in [0.1, 0.15) is 23.3 Å². The van der Waals surface area contributed by atoms with Crippen LogP contribution in [-0.2, 0) is 0 Å². The second kappa shape index (κ2) is 9.18. The van der Waals surface area contributed by atoms with Crippen molar-refractivity contribution >= 4 is 43.8 Å². The van der Waals surface area contributed by atoms with Crippen molar-refractivity contribution < 1.29 is 4.74 Å². The average Bonchev–Trinajstić information content (AvgIpc) is 3.49. The van der Waals surface area contributed by atoms with Gasteiger partial charge in [0.25, 0.3) is 0 Å². The number of hydrogen-bond donors (Lipinski definition) is 2. The highest BCUT2D eigenvalue weighted by Gasteiger charge is 2.15. The minimum absolute atomic E-state index is 0.520. The van der Waals surface area contributed by atoms with Crippen molar-refractivity contribution in [2.45, 2.75) is 6.92 Å². The van der Waals surface area contributed by atoms with Crippen molar-refractivity contribution in [1.29, 1.82) is 5.26 Å². The molecule has 5 aromatic rings. The Kier molecular flexibility index (Phi) is 5.93. The molecule has 3 heterocycles. The molecule has 3 aromatic heterocycles. The Hall–Kier alpha value is -3.86. The van der Waals surface area contributed by atoms with Crippen LogP contribution in [0.15, 0.2) is 60.9 Å². The standard InChI is InChI=1S/C27H25N5OS/c1-17-21-9-10-29-24(21)8-7-23(17)31-26-19(15-28)16-30-27-22(26)14-25(34-27)18-5-4-6-20(13-18)33-12-11-32(2)3/h4-10,13-14,16,29H,11-12H2,1-3H3,(H,30,31). The molecule has 0 bridgehead atoms. The molecule has 0 saturated heterocycles. The predicted molar refractivity (Wildman–Crippen MR) is 140 cm³/mol. The number of rotatable bonds is 7. The molecule has 0 atom stereocenters. The van der Waals surface area contributed by atoms with Gasteiger partial charge < -0.3 is 19.9 Å². The summed E-state index contributed by atoms with van der Waals surface area (Å²) in [5.74, 6) is 0.844. The number of nitrogens with one attached hydrogen (secondary N) is 2. The van der Waals surface area contributed by atoms with Crippen LogP contribution in [0.2, 0.25) is 0 Å². The van der Waals surface area contributed by atoms with E-state index in [-0.39, 0.29) is 0 Å². The van der Waals surface area contributed by atoms with E-state index in [0.29, 0.717) is 12.2 Å². The van der Waals surface area contributed by atoms with Crippen LogP contribution in [0, 0.1) is 18.3 Å². The van der Waals surface area contributed by atoms with Crippen molar-refractivity contribution in [2.24, 2.45) is 0 Å². The fourth-order valence-corrected chi connectivity index (χ4v) is 5.00. The molecule has 34 heavy (non-hydrogen) atoms. The smallest absolute Gasteiger partial charge is 0.126 e. The summed E-state index contributed by atoms with van der Waals surface area (Å²) in [4.78, 5) is 11.9. The lowest BCUT2D eigenvalue weighted by Crippen LogP contribution is -2.19. The molecule has 0 saturated carbocycles. The van der Waals surface area contributed by atoms with Crippen LogP contribution in [0.1, 0.15) is 11.1 Å². The summed E-state index contributed by atoms with van der Waals surface area (Å²) in [5.41, 5.74) is 5.57. The average molecular weight is 468 g/mol. The molecule has 0 spiro atoms. The second-order valence-electron chi connectivity index (χ2n) is 8.47. The maximum Gasteiger partial charge on any atom is 0.126 e. The minimum Gasteiger partial charge on any atom is -0.492 e. The third-order valence-electron chi connectivity index (χ3n) is 5.87. The number of nitriles is 1. The number of aromatic nitrogens is 2. The van der Waals surface area contributed by atoms with Crippen LogP contribution in [-0.4, -0.2) is 42.1 Å². The Morgan fingerprint density at radius 3 is 2.85 bits per heavy atom. The number of fused-ring (bicyclic) bond motifs is 2. The van der Waals surface area contributed by atoms with Crippen LogP contribution >= 0.6 is 11.3 Å². The van der Waals surface area contributed by atoms with Gasteiger partial charge in [-0.1, -0.05) is 12.1 Å². The quantitative estimate of drug-likeness (QED) is 0.293. The lowest BCUT2D eigenvalue weighted by Gasteiger charge is -2.13. The molecule has 0 aliphatic heterocycles. The largest absolute Gasteiger partial charge is 0.492 e. The molecule has 5 rings (SSSR count). The molecule has 0 radical (unpaired) electrons. The lowest BCUT2D eigenvalue weighted by atomic mass is 10.1. The first-order chi connectivity index (χ1) is 16.5. The lowest BCUT2D eigenvalue weighted by molar-refractivity contribution is 0.261. The van der Waals surface area contributed by atoms with E-state index in [1.54, 1.807) is 17.5 Å².